The number of benzene rings is 9. The van der Waals surface area contributed by atoms with Crippen LogP contribution in [0.2, 0.25) is 0 Å². The van der Waals surface area contributed by atoms with E-state index in [9.17, 15) is 0 Å². The molecule has 0 fully saturated rings. The first kappa shape index (κ1) is 24.8. The zero-order valence-corrected chi connectivity index (χ0v) is 25.7. The lowest BCUT2D eigenvalue weighted by Crippen LogP contribution is -1.92. The molecule has 0 aliphatic heterocycles. The van der Waals surface area contributed by atoms with Crippen molar-refractivity contribution in [3.05, 3.63) is 146 Å². The van der Waals surface area contributed by atoms with Crippen LogP contribution in [0.1, 0.15) is 0 Å². The second-order valence-corrected chi connectivity index (χ2v) is 13.2. The summed E-state index contributed by atoms with van der Waals surface area (Å²) in [6.45, 7) is 0. The minimum absolute atomic E-state index is 0.909. The van der Waals surface area contributed by atoms with Crippen LogP contribution in [0.25, 0.3) is 120 Å². The molecule has 220 valence electrons. The molecule has 0 radical (unpaired) electrons. The Hall–Kier alpha value is -6.38. The van der Waals surface area contributed by atoms with Crippen LogP contribution in [0.5, 0.6) is 0 Å². The molecule has 12 rings (SSSR count). The summed E-state index contributed by atoms with van der Waals surface area (Å²) in [5.41, 5.74) is 10.9. The molecule has 11 aromatic rings. The largest absolute Gasteiger partial charge is 0.456 e. The predicted octanol–water partition coefficient (Wildman–Crippen LogP) is 13.4. The van der Waals surface area contributed by atoms with Crippen LogP contribution in [0.3, 0.4) is 0 Å². The predicted molar refractivity (Wildman–Crippen MR) is 201 cm³/mol. The second kappa shape index (κ2) is 8.70. The summed E-state index contributed by atoms with van der Waals surface area (Å²) in [6, 6.07) is 53.0. The summed E-state index contributed by atoms with van der Waals surface area (Å²) < 4.78 is 13.3. The Balaban J connectivity index is 1.24. The van der Waals surface area contributed by atoms with Crippen molar-refractivity contribution in [3.63, 3.8) is 0 Å². The lowest BCUT2D eigenvalue weighted by Gasteiger charge is -2.18. The zero-order valence-electron chi connectivity index (χ0n) is 25.7. The second-order valence-electron chi connectivity index (χ2n) is 13.2. The van der Waals surface area contributed by atoms with Crippen LogP contribution in [-0.4, -0.2) is 0 Å². The molecule has 0 spiro atoms. The molecule has 0 saturated carbocycles. The molecule has 2 heteroatoms. The van der Waals surface area contributed by atoms with E-state index >= 15 is 0 Å². The first-order valence-corrected chi connectivity index (χ1v) is 16.5. The molecule has 9 aromatic carbocycles. The monoisotopic (exact) mass is 608 g/mol. The van der Waals surface area contributed by atoms with E-state index in [1.807, 2.05) is 0 Å². The van der Waals surface area contributed by atoms with Gasteiger partial charge in [0.1, 0.15) is 22.3 Å². The number of fused-ring (bicyclic) bond motifs is 4. The molecule has 2 heterocycles. The fourth-order valence-corrected chi connectivity index (χ4v) is 8.79. The fourth-order valence-electron chi connectivity index (χ4n) is 8.79. The smallest absolute Gasteiger partial charge is 0.136 e. The summed E-state index contributed by atoms with van der Waals surface area (Å²) in [6.07, 6.45) is 0. The van der Waals surface area contributed by atoms with E-state index in [-0.39, 0.29) is 0 Å². The van der Waals surface area contributed by atoms with Crippen molar-refractivity contribution >= 4 is 87.0 Å². The summed E-state index contributed by atoms with van der Waals surface area (Å²) >= 11 is 0. The Kier molecular flexibility index (Phi) is 4.49. The Morgan fingerprint density at radius 3 is 1.56 bits per heavy atom. The zero-order chi connectivity index (χ0) is 31.1. The van der Waals surface area contributed by atoms with Crippen molar-refractivity contribution in [1.29, 1.82) is 0 Å². The number of hydrogen-bond donors (Lipinski definition) is 0. The summed E-state index contributed by atoms with van der Waals surface area (Å²) in [4.78, 5) is 0. The highest BCUT2D eigenvalue weighted by molar-refractivity contribution is 6.37. The molecule has 2 aromatic heterocycles. The normalized spacial score (nSPS) is 12.6. The van der Waals surface area contributed by atoms with Gasteiger partial charge >= 0.3 is 0 Å². The summed E-state index contributed by atoms with van der Waals surface area (Å²) in [7, 11) is 0. The highest BCUT2D eigenvalue weighted by Gasteiger charge is 2.26. The molecule has 0 bridgehead atoms. The third-order valence-corrected chi connectivity index (χ3v) is 10.7. The van der Waals surface area contributed by atoms with Crippen molar-refractivity contribution in [2.45, 2.75) is 0 Å². The Bertz CT molecular complexity index is 3170. The van der Waals surface area contributed by atoms with Crippen molar-refractivity contribution in [2.24, 2.45) is 0 Å². The minimum atomic E-state index is 0.909. The molecule has 0 atom stereocenters. The van der Waals surface area contributed by atoms with Crippen molar-refractivity contribution < 1.29 is 8.83 Å². The SMILES string of the molecule is c1ccc2cc(-c3c4ccccc4c(-c4cc5c6c(c4)oc4ccc7ccc8oc9cccc-5c9c8c7c46)c4ccccc34)ccc2c1. The van der Waals surface area contributed by atoms with Gasteiger partial charge in [-0.2, -0.15) is 0 Å². The number of furan rings is 2. The van der Waals surface area contributed by atoms with E-state index in [1.165, 1.54) is 92.5 Å². The van der Waals surface area contributed by atoms with Crippen LogP contribution in [0.4, 0.5) is 0 Å². The van der Waals surface area contributed by atoms with Gasteiger partial charge in [0.15, 0.2) is 0 Å². The van der Waals surface area contributed by atoms with Gasteiger partial charge in [-0.1, -0.05) is 109 Å². The lowest BCUT2D eigenvalue weighted by atomic mass is 9.84. The van der Waals surface area contributed by atoms with Crippen LogP contribution in [0.15, 0.2) is 154 Å². The Morgan fingerprint density at radius 1 is 0.292 bits per heavy atom. The Morgan fingerprint density at radius 2 is 0.854 bits per heavy atom. The van der Waals surface area contributed by atoms with Gasteiger partial charge < -0.3 is 8.83 Å². The molecule has 1 aliphatic carbocycles. The van der Waals surface area contributed by atoms with Gasteiger partial charge in [0.2, 0.25) is 0 Å². The molecule has 0 saturated heterocycles. The van der Waals surface area contributed by atoms with Gasteiger partial charge in [-0.25, -0.2) is 0 Å². The number of rotatable bonds is 2. The van der Waals surface area contributed by atoms with Gasteiger partial charge in [-0.15, -0.1) is 0 Å². The molecular weight excluding hydrogens is 585 g/mol. The van der Waals surface area contributed by atoms with Crippen LogP contribution in [0, 0.1) is 0 Å². The van der Waals surface area contributed by atoms with Gasteiger partial charge in [-0.3, -0.25) is 0 Å². The van der Waals surface area contributed by atoms with E-state index in [1.54, 1.807) is 0 Å². The van der Waals surface area contributed by atoms with Gasteiger partial charge in [0.05, 0.1) is 0 Å². The van der Waals surface area contributed by atoms with E-state index < -0.39 is 0 Å². The van der Waals surface area contributed by atoms with Gasteiger partial charge in [0, 0.05) is 26.9 Å². The van der Waals surface area contributed by atoms with E-state index in [2.05, 4.69) is 146 Å². The van der Waals surface area contributed by atoms with Crippen LogP contribution >= 0.6 is 0 Å². The quantitative estimate of drug-likeness (QED) is 0.183. The number of hydrogen-bond acceptors (Lipinski definition) is 2. The molecule has 2 nitrogen and oxygen atoms in total. The first-order valence-electron chi connectivity index (χ1n) is 16.5. The van der Waals surface area contributed by atoms with Crippen molar-refractivity contribution in [2.75, 3.05) is 0 Å². The molecule has 0 N–H and O–H groups in total. The maximum absolute atomic E-state index is 6.78. The average Bonchev–Trinajstić information content (AvgIpc) is 3.68. The van der Waals surface area contributed by atoms with Crippen molar-refractivity contribution in [3.8, 4) is 33.4 Å². The Labute approximate surface area is 274 Å². The maximum Gasteiger partial charge on any atom is 0.136 e. The summed E-state index contributed by atoms with van der Waals surface area (Å²) in [5, 5.41) is 14.6. The van der Waals surface area contributed by atoms with Gasteiger partial charge in [-0.05, 0) is 107 Å². The standard InChI is InChI=1S/C46H24O2/c1-2-9-27-22-28(17-16-25(27)8-1)40-30-10-3-5-12-32(30)41(33-13-6-4-11-31(33)40)29-23-35-34-14-7-15-36-43(34)45-37(47-36)20-18-26-19-21-38-46(42(26)45)44(35)39(24-29)48-38/h1-24H. The van der Waals surface area contributed by atoms with E-state index in [4.69, 9.17) is 8.83 Å². The molecule has 0 unspecified atom stereocenters. The van der Waals surface area contributed by atoms with E-state index in [0.29, 0.717) is 0 Å². The first-order chi connectivity index (χ1) is 23.8. The van der Waals surface area contributed by atoms with Gasteiger partial charge in [0.25, 0.3) is 0 Å². The van der Waals surface area contributed by atoms with Crippen LogP contribution < -0.4 is 0 Å². The lowest BCUT2D eigenvalue weighted by molar-refractivity contribution is 0.669. The molecule has 1 aliphatic rings. The average molecular weight is 609 g/mol. The minimum Gasteiger partial charge on any atom is -0.456 e. The van der Waals surface area contributed by atoms with Crippen molar-refractivity contribution in [1.82, 2.24) is 0 Å². The highest BCUT2D eigenvalue weighted by Crippen LogP contribution is 2.52. The fraction of sp³-hybridized carbons (Fsp3) is 0. The molecule has 48 heavy (non-hydrogen) atoms. The highest BCUT2D eigenvalue weighted by atomic mass is 16.3. The van der Waals surface area contributed by atoms with Crippen LogP contribution in [-0.2, 0) is 0 Å². The van der Waals surface area contributed by atoms with E-state index in [0.717, 1.165) is 27.9 Å². The third kappa shape index (κ3) is 3.03. The summed E-state index contributed by atoms with van der Waals surface area (Å²) in [5.74, 6) is 0. The maximum atomic E-state index is 6.78. The topological polar surface area (TPSA) is 26.3 Å². The molecular formula is C46H24O2. The molecule has 0 amide bonds. The third-order valence-electron chi connectivity index (χ3n) is 10.7.